The first-order valence-electron chi connectivity index (χ1n) is 7.06. The number of alkyl halides is 2. The number of likely N-dealkylation sites (N-methyl/N-ethyl adjacent to an activating group) is 1. The van der Waals surface area contributed by atoms with E-state index < -0.39 is 17.4 Å². The monoisotopic (exact) mass is 290 g/mol. The first-order valence-corrected chi connectivity index (χ1v) is 7.06. The van der Waals surface area contributed by atoms with E-state index in [1.165, 1.54) is 0 Å². The highest BCUT2D eigenvalue weighted by molar-refractivity contribution is 5.85. The molecule has 0 bridgehead atoms. The third kappa shape index (κ3) is 1.95. The zero-order valence-corrected chi connectivity index (χ0v) is 11.5. The van der Waals surface area contributed by atoms with E-state index in [1.54, 1.807) is 0 Å². The minimum Gasteiger partial charge on any atom is -0.383 e. The number of fused-ring (bicyclic) bond motifs is 1. The zero-order chi connectivity index (χ0) is 14.5. The Labute approximate surface area is 116 Å². The molecule has 0 radical (unpaired) electrons. The van der Waals surface area contributed by atoms with Crippen LogP contribution in [0.15, 0.2) is 0 Å². The molecule has 2 aliphatic heterocycles. The molecule has 0 aromatic carbocycles. The summed E-state index contributed by atoms with van der Waals surface area (Å²) in [6.45, 7) is 1.72. The highest BCUT2D eigenvalue weighted by Crippen LogP contribution is 2.45. The number of hydrogen-bond donors (Lipinski definition) is 1. The first-order chi connectivity index (χ1) is 9.35. The highest BCUT2D eigenvalue weighted by atomic mass is 19.3. The Hall–Kier alpha value is -0.790. The second kappa shape index (κ2) is 4.61. The number of carbonyl (C=O) groups is 1. The fourth-order valence-corrected chi connectivity index (χ4v) is 3.25. The molecular weight excluding hydrogens is 270 g/mol. The molecule has 1 N–H and O–H groups in total. The van der Waals surface area contributed by atoms with Gasteiger partial charge in [-0.15, -0.1) is 0 Å². The Morgan fingerprint density at radius 1 is 1.40 bits per heavy atom. The number of halogens is 2. The molecule has 0 unspecified atom stereocenters. The molecule has 20 heavy (non-hydrogen) atoms. The fourth-order valence-electron chi connectivity index (χ4n) is 3.25. The van der Waals surface area contributed by atoms with E-state index in [9.17, 15) is 18.7 Å². The fraction of sp³-hybridized carbons (Fsp3) is 0.923. The van der Waals surface area contributed by atoms with E-state index in [1.807, 2.05) is 11.9 Å². The van der Waals surface area contributed by atoms with Crippen molar-refractivity contribution in [3.05, 3.63) is 0 Å². The van der Waals surface area contributed by atoms with Gasteiger partial charge in [0.05, 0.1) is 18.8 Å². The molecule has 0 aromatic rings. The molecule has 2 saturated heterocycles. The summed E-state index contributed by atoms with van der Waals surface area (Å²) in [4.78, 5) is 15.3. The predicted octanol–water partition coefficient (Wildman–Crippen LogP) is 0.0781. The second-order valence-corrected chi connectivity index (χ2v) is 6.13. The van der Waals surface area contributed by atoms with Crippen molar-refractivity contribution in [3.63, 3.8) is 0 Å². The Morgan fingerprint density at radius 2 is 2.10 bits per heavy atom. The lowest BCUT2D eigenvalue weighted by Crippen LogP contribution is -2.61. The topological polar surface area (TPSA) is 53.0 Å². The molecule has 0 spiro atoms. The number of aliphatic hydroxyl groups is 1. The van der Waals surface area contributed by atoms with Crippen molar-refractivity contribution >= 4 is 5.91 Å². The number of hydrogen-bond acceptors (Lipinski definition) is 4. The van der Waals surface area contributed by atoms with E-state index in [4.69, 9.17) is 4.74 Å². The molecule has 114 valence electrons. The largest absolute Gasteiger partial charge is 0.383 e. The molecule has 0 aromatic heterocycles. The number of carbonyl (C=O) groups excluding carboxylic acids is 1. The van der Waals surface area contributed by atoms with Crippen LogP contribution in [0.5, 0.6) is 0 Å². The van der Waals surface area contributed by atoms with Crippen molar-refractivity contribution in [1.82, 2.24) is 9.80 Å². The molecule has 3 rings (SSSR count). The van der Waals surface area contributed by atoms with Crippen molar-refractivity contribution in [1.29, 1.82) is 0 Å². The van der Waals surface area contributed by atoms with Crippen molar-refractivity contribution in [3.8, 4) is 0 Å². The van der Waals surface area contributed by atoms with E-state index in [0.717, 1.165) is 11.4 Å². The van der Waals surface area contributed by atoms with Gasteiger partial charge in [-0.05, 0) is 26.3 Å². The van der Waals surface area contributed by atoms with Crippen LogP contribution in [0.4, 0.5) is 8.78 Å². The molecule has 1 saturated carbocycles. The van der Waals surface area contributed by atoms with Gasteiger partial charge in [0.25, 0.3) is 5.91 Å². The van der Waals surface area contributed by atoms with Gasteiger partial charge in [0.1, 0.15) is 5.60 Å². The van der Waals surface area contributed by atoms with E-state index in [-0.39, 0.29) is 38.1 Å². The third-order valence-corrected chi connectivity index (χ3v) is 4.90. The second-order valence-electron chi connectivity index (χ2n) is 6.13. The molecule has 2 heterocycles. The van der Waals surface area contributed by atoms with Crippen molar-refractivity contribution in [2.24, 2.45) is 0 Å². The summed E-state index contributed by atoms with van der Waals surface area (Å²) in [6, 6.07) is -0.0282. The summed E-state index contributed by atoms with van der Waals surface area (Å²) in [5, 5.41) is 9.84. The van der Waals surface area contributed by atoms with Crippen molar-refractivity contribution in [2.75, 3.05) is 33.3 Å². The maximum absolute atomic E-state index is 14.2. The quantitative estimate of drug-likeness (QED) is 0.782. The average molecular weight is 290 g/mol. The number of rotatable bonds is 2. The average Bonchev–Trinajstić information content (AvgIpc) is 2.80. The summed E-state index contributed by atoms with van der Waals surface area (Å²) in [6.07, 6.45) is 0.312. The lowest BCUT2D eigenvalue weighted by molar-refractivity contribution is -0.223. The van der Waals surface area contributed by atoms with Crippen LogP contribution < -0.4 is 0 Å². The summed E-state index contributed by atoms with van der Waals surface area (Å²) in [7, 11) is 1.91. The summed E-state index contributed by atoms with van der Waals surface area (Å²) in [5.41, 5.74) is -2.15. The van der Waals surface area contributed by atoms with Gasteiger partial charge >= 0.3 is 5.92 Å². The van der Waals surface area contributed by atoms with Gasteiger partial charge in [0.2, 0.25) is 0 Å². The number of amides is 1. The molecule has 1 aliphatic carbocycles. The van der Waals surface area contributed by atoms with Crippen LogP contribution in [0, 0.1) is 0 Å². The third-order valence-electron chi connectivity index (χ3n) is 4.90. The number of nitrogens with zero attached hydrogens (tertiary/aromatic N) is 2. The van der Waals surface area contributed by atoms with Gasteiger partial charge in [-0.1, -0.05) is 0 Å². The molecule has 7 heteroatoms. The Morgan fingerprint density at radius 3 is 2.65 bits per heavy atom. The molecule has 2 atom stereocenters. The van der Waals surface area contributed by atoms with Crippen LogP contribution in [0.25, 0.3) is 0 Å². The predicted molar refractivity (Wildman–Crippen MR) is 66.5 cm³/mol. The van der Waals surface area contributed by atoms with Crippen LogP contribution in [-0.4, -0.2) is 77.8 Å². The van der Waals surface area contributed by atoms with Gasteiger partial charge in [0, 0.05) is 19.6 Å². The highest BCUT2D eigenvalue weighted by Gasteiger charge is 2.63. The Bertz CT molecular complexity index is 414. The zero-order valence-electron chi connectivity index (χ0n) is 11.5. The van der Waals surface area contributed by atoms with Gasteiger partial charge < -0.3 is 14.7 Å². The number of ether oxygens (including phenoxy) is 1. The maximum Gasteiger partial charge on any atom is 0.352 e. The normalized spacial score (nSPS) is 33.7. The summed E-state index contributed by atoms with van der Waals surface area (Å²) in [5.74, 6) is -4.96. The number of morpholine rings is 1. The van der Waals surface area contributed by atoms with E-state index in [0.29, 0.717) is 13.0 Å². The summed E-state index contributed by atoms with van der Waals surface area (Å²) >= 11 is 0. The van der Waals surface area contributed by atoms with Crippen LogP contribution >= 0.6 is 0 Å². The van der Waals surface area contributed by atoms with Gasteiger partial charge in [-0.3, -0.25) is 9.69 Å². The van der Waals surface area contributed by atoms with Gasteiger partial charge in [-0.2, -0.15) is 8.78 Å². The minimum absolute atomic E-state index is 0.0111. The van der Waals surface area contributed by atoms with Crippen molar-refractivity contribution < 1.29 is 23.4 Å². The van der Waals surface area contributed by atoms with Crippen LogP contribution in [0.1, 0.15) is 19.3 Å². The van der Waals surface area contributed by atoms with Crippen LogP contribution in [0.3, 0.4) is 0 Å². The Kier molecular flexibility index (Phi) is 3.26. The summed E-state index contributed by atoms with van der Waals surface area (Å²) < 4.78 is 33.9. The molecule has 3 aliphatic rings. The molecular formula is C13H20F2N2O3. The molecule has 1 amide bonds. The lowest BCUT2D eigenvalue weighted by atomic mass is 9.75. The first kappa shape index (κ1) is 14.2. The smallest absolute Gasteiger partial charge is 0.352 e. The van der Waals surface area contributed by atoms with Crippen LogP contribution in [0.2, 0.25) is 0 Å². The molecule has 5 nitrogen and oxygen atoms in total. The SMILES string of the molecule is CN1CCO[C@@H]2CN(C(=O)C(F)(F)C3(O)CCC3)C[C@@H]21. The van der Waals surface area contributed by atoms with E-state index in [2.05, 4.69) is 0 Å². The number of likely N-dealkylation sites (tertiary alicyclic amines) is 1. The van der Waals surface area contributed by atoms with Crippen molar-refractivity contribution in [2.45, 2.75) is 42.9 Å². The van der Waals surface area contributed by atoms with E-state index >= 15 is 0 Å². The Balaban J connectivity index is 1.72. The molecule has 3 fully saturated rings. The maximum atomic E-state index is 14.2. The van der Waals surface area contributed by atoms with Gasteiger partial charge in [0.15, 0.2) is 0 Å². The minimum atomic E-state index is -3.70. The van der Waals surface area contributed by atoms with Crippen LogP contribution in [-0.2, 0) is 9.53 Å². The van der Waals surface area contributed by atoms with Gasteiger partial charge in [-0.25, -0.2) is 0 Å². The standard InChI is InChI=1S/C13H20F2N2O3/c1-16-5-6-20-10-8-17(7-9(10)16)11(18)13(14,15)12(19)3-2-4-12/h9-10,19H,2-8H2,1H3/t9-,10+/m0/s1. The lowest BCUT2D eigenvalue weighted by Gasteiger charge is -2.42.